The van der Waals surface area contributed by atoms with E-state index >= 15 is 0 Å². The van der Waals surface area contributed by atoms with Crippen molar-refractivity contribution in [2.75, 3.05) is 11.5 Å². The second kappa shape index (κ2) is 5.40. The van der Waals surface area contributed by atoms with E-state index in [2.05, 4.69) is 11.9 Å². The number of aryl methyl sites for hydroxylation is 1. The number of pyridine rings is 1. The Labute approximate surface area is 110 Å². The van der Waals surface area contributed by atoms with Crippen LogP contribution in [0, 0.1) is 12.7 Å². The first-order chi connectivity index (χ1) is 8.61. The van der Waals surface area contributed by atoms with Gasteiger partial charge in [0.15, 0.2) is 0 Å². The highest BCUT2D eigenvalue weighted by molar-refractivity contribution is 7.99. The Morgan fingerprint density at radius 1 is 1.28 bits per heavy atom. The van der Waals surface area contributed by atoms with Gasteiger partial charge in [-0.05, 0) is 43.0 Å². The molecule has 1 aromatic carbocycles. The molecule has 0 aliphatic heterocycles. The zero-order valence-corrected chi connectivity index (χ0v) is 11.2. The summed E-state index contributed by atoms with van der Waals surface area (Å²) >= 11 is 1.69. The number of thioether (sulfide) groups is 1. The molecule has 0 bridgehead atoms. The molecule has 0 saturated heterocycles. The van der Waals surface area contributed by atoms with Crippen molar-refractivity contribution in [2.45, 2.75) is 18.7 Å². The fourth-order valence-electron chi connectivity index (χ4n) is 1.68. The van der Waals surface area contributed by atoms with Crippen LogP contribution in [0.2, 0.25) is 0 Å². The molecule has 0 saturated carbocycles. The maximum Gasteiger partial charge on any atom is 0.123 e. The molecule has 0 spiro atoms. The summed E-state index contributed by atoms with van der Waals surface area (Å²) in [4.78, 5) is 5.56. The fourth-order valence-corrected chi connectivity index (χ4v) is 2.50. The van der Waals surface area contributed by atoms with Crippen LogP contribution in [0.3, 0.4) is 0 Å². The number of hydrogen-bond donors (Lipinski definition) is 1. The number of benzene rings is 1. The number of anilines is 1. The Hall–Kier alpha value is -1.55. The van der Waals surface area contributed by atoms with E-state index in [0.717, 1.165) is 27.6 Å². The molecule has 2 rings (SSSR count). The average Bonchev–Trinajstić information content (AvgIpc) is 2.35. The van der Waals surface area contributed by atoms with Gasteiger partial charge in [-0.3, -0.25) is 0 Å². The Morgan fingerprint density at radius 3 is 2.56 bits per heavy atom. The van der Waals surface area contributed by atoms with Crippen molar-refractivity contribution in [1.29, 1.82) is 0 Å². The maximum absolute atomic E-state index is 12.9. The third kappa shape index (κ3) is 2.64. The van der Waals surface area contributed by atoms with Gasteiger partial charge in [-0.1, -0.05) is 6.92 Å². The predicted octanol–water partition coefficient (Wildman–Crippen LogP) is 3.89. The standard InChI is InChI=1S/C14H15FN2S/c1-3-18-13-8-12(16)9(2)17-14(13)10-4-6-11(15)7-5-10/h4-8H,3,16H2,1-2H3. The molecule has 0 unspecified atom stereocenters. The van der Waals surface area contributed by atoms with E-state index in [1.165, 1.54) is 12.1 Å². The lowest BCUT2D eigenvalue weighted by Gasteiger charge is -2.11. The first kappa shape index (κ1) is 12.9. The normalized spacial score (nSPS) is 10.6. The quantitative estimate of drug-likeness (QED) is 0.853. The van der Waals surface area contributed by atoms with Crippen molar-refractivity contribution in [3.63, 3.8) is 0 Å². The number of nitrogens with two attached hydrogens (primary N) is 1. The first-order valence-corrected chi connectivity index (χ1v) is 6.76. The van der Waals surface area contributed by atoms with Crippen molar-refractivity contribution >= 4 is 17.4 Å². The molecule has 2 aromatic rings. The van der Waals surface area contributed by atoms with Gasteiger partial charge < -0.3 is 5.73 Å². The van der Waals surface area contributed by atoms with Crippen LogP contribution in [-0.2, 0) is 0 Å². The minimum absolute atomic E-state index is 0.240. The second-order valence-electron chi connectivity index (χ2n) is 3.95. The molecule has 0 atom stereocenters. The van der Waals surface area contributed by atoms with Gasteiger partial charge in [-0.2, -0.15) is 0 Å². The number of rotatable bonds is 3. The summed E-state index contributed by atoms with van der Waals surface area (Å²) in [6, 6.07) is 8.32. The molecule has 2 N–H and O–H groups in total. The highest BCUT2D eigenvalue weighted by Gasteiger charge is 2.10. The van der Waals surface area contributed by atoms with Crippen LogP contribution in [0.4, 0.5) is 10.1 Å². The van der Waals surface area contributed by atoms with Crippen LogP contribution in [0.15, 0.2) is 35.2 Å². The number of hydrogen-bond acceptors (Lipinski definition) is 3. The van der Waals surface area contributed by atoms with E-state index in [4.69, 9.17) is 5.73 Å². The molecule has 94 valence electrons. The average molecular weight is 262 g/mol. The van der Waals surface area contributed by atoms with Crippen molar-refractivity contribution in [1.82, 2.24) is 4.98 Å². The molecule has 1 aromatic heterocycles. The number of nitrogen functional groups attached to an aromatic ring is 1. The highest BCUT2D eigenvalue weighted by Crippen LogP contribution is 2.32. The van der Waals surface area contributed by atoms with Crippen LogP contribution in [0.25, 0.3) is 11.3 Å². The summed E-state index contributed by atoms with van der Waals surface area (Å²) in [6.45, 7) is 3.96. The summed E-state index contributed by atoms with van der Waals surface area (Å²) in [7, 11) is 0. The lowest BCUT2D eigenvalue weighted by atomic mass is 10.1. The van der Waals surface area contributed by atoms with Crippen LogP contribution < -0.4 is 5.73 Å². The molecule has 0 amide bonds. The number of halogens is 1. The zero-order chi connectivity index (χ0) is 13.1. The maximum atomic E-state index is 12.9. The molecule has 1 heterocycles. The van der Waals surface area contributed by atoms with Crippen LogP contribution in [-0.4, -0.2) is 10.7 Å². The fraction of sp³-hybridized carbons (Fsp3) is 0.214. The summed E-state index contributed by atoms with van der Waals surface area (Å²) in [6.07, 6.45) is 0. The first-order valence-electron chi connectivity index (χ1n) is 5.77. The Bertz CT molecular complexity index is 552. The molecule has 0 aliphatic carbocycles. The monoisotopic (exact) mass is 262 g/mol. The zero-order valence-electron chi connectivity index (χ0n) is 10.4. The Balaban J connectivity index is 2.54. The minimum atomic E-state index is -0.240. The topological polar surface area (TPSA) is 38.9 Å². The van der Waals surface area contributed by atoms with Gasteiger partial charge >= 0.3 is 0 Å². The Morgan fingerprint density at radius 2 is 1.94 bits per heavy atom. The molecule has 0 aliphatic rings. The lowest BCUT2D eigenvalue weighted by molar-refractivity contribution is 0.628. The van der Waals surface area contributed by atoms with E-state index < -0.39 is 0 Å². The molecule has 0 radical (unpaired) electrons. The SMILES string of the molecule is CCSc1cc(N)c(C)nc1-c1ccc(F)cc1. The Kier molecular flexibility index (Phi) is 3.87. The third-order valence-electron chi connectivity index (χ3n) is 2.63. The smallest absolute Gasteiger partial charge is 0.123 e. The van der Waals surface area contributed by atoms with Gasteiger partial charge in [0.1, 0.15) is 5.82 Å². The molecule has 4 heteroatoms. The summed E-state index contributed by atoms with van der Waals surface area (Å²) in [5.41, 5.74) is 9.16. The van der Waals surface area contributed by atoms with Gasteiger partial charge in [0.25, 0.3) is 0 Å². The van der Waals surface area contributed by atoms with Crippen LogP contribution in [0.1, 0.15) is 12.6 Å². The molecule has 2 nitrogen and oxygen atoms in total. The van der Waals surface area contributed by atoms with Gasteiger partial charge in [0.05, 0.1) is 17.1 Å². The van der Waals surface area contributed by atoms with Crippen LogP contribution >= 0.6 is 11.8 Å². The summed E-state index contributed by atoms with van der Waals surface area (Å²) in [5, 5.41) is 0. The predicted molar refractivity (Wildman–Crippen MR) is 75.2 cm³/mol. The van der Waals surface area contributed by atoms with Crippen molar-refractivity contribution in [2.24, 2.45) is 0 Å². The van der Waals surface area contributed by atoms with Crippen molar-refractivity contribution < 1.29 is 4.39 Å². The largest absolute Gasteiger partial charge is 0.397 e. The third-order valence-corrected chi connectivity index (χ3v) is 3.55. The van der Waals surface area contributed by atoms with E-state index in [0.29, 0.717) is 5.69 Å². The van der Waals surface area contributed by atoms with Gasteiger partial charge in [-0.15, -0.1) is 11.8 Å². The van der Waals surface area contributed by atoms with Gasteiger partial charge in [-0.25, -0.2) is 9.37 Å². The van der Waals surface area contributed by atoms with Gasteiger partial charge in [0, 0.05) is 10.5 Å². The molecular formula is C14H15FN2S. The number of aromatic nitrogens is 1. The summed E-state index contributed by atoms with van der Waals surface area (Å²) < 4.78 is 12.9. The summed E-state index contributed by atoms with van der Waals surface area (Å²) in [5.74, 6) is 0.703. The van der Waals surface area contributed by atoms with E-state index in [9.17, 15) is 4.39 Å². The highest BCUT2D eigenvalue weighted by atomic mass is 32.2. The van der Waals surface area contributed by atoms with Gasteiger partial charge in [0.2, 0.25) is 0 Å². The second-order valence-corrected chi connectivity index (χ2v) is 5.26. The van der Waals surface area contributed by atoms with Crippen LogP contribution in [0.5, 0.6) is 0 Å². The van der Waals surface area contributed by atoms with E-state index in [1.807, 2.05) is 13.0 Å². The van der Waals surface area contributed by atoms with Crippen molar-refractivity contribution in [3.05, 3.63) is 41.8 Å². The molecular weight excluding hydrogens is 247 g/mol. The van der Waals surface area contributed by atoms with E-state index in [-0.39, 0.29) is 5.82 Å². The molecule has 18 heavy (non-hydrogen) atoms. The van der Waals surface area contributed by atoms with Crippen molar-refractivity contribution in [3.8, 4) is 11.3 Å². The number of nitrogens with zero attached hydrogens (tertiary/aromatic N) is 1. The minimum Gasteiger partial charge on any atom is -0.397 e. The molecule has 0 fully saturated rings. The van der Waals surface area contributed by atoms with E-state index in [1.54, 1.807) is 23.9 Å². The lowest BCUT2D eigenvalue weighted by Crippen LogP contribution is -1.97.